The first kappa shape index (κ1) is 15.3. The average molecular weight is 282 g/mol. The fourth-order valence-corrected chi connectivity index (χ4v) is 2.09. The molecule has 2 aromatic rings. The number of carbonyl (C=O) groups excluding carboxylic acids is 1. The van der Waals surface area contributed by atoms with Gasteiger partial charge in [-0.1, -0.05) is 63.2 Å². The third-order valence-corrected chi connectivity index (χ3v) is 3.36. The zero-order valence-corrected chi connectivity index (χ0v) is 12.9. The number of ether oxygens (including phenoxy) is 1. The van der Waals surface area contributed by atoms with Gasteiger partial charge in [0.15, 0.2) is 5.78 Å². The third kappa shape index (κ3) is 4.75. The van der Waals surface area contributed by atoms with E-state index in [0.29, 0.717) is 6.42 Å². The lowest BCUT2D eigenvalue weighted by Crippen LogP contribution is -2.14. The van der Waals surface area contributed by atoms with Crippen LogP contribution in [0.5, 0.6) is 5.75 Å². The van der Waals surface area contributed by atoms with Crippen molar-refractivity contribution in [2.24, 2.45) is 0 Å². The summed E-state index contributed by atoms with van der Waals surface area (Å²) in [6, 6.07) is 17.7. The summed E-state index contributed by atoms with van der Waals surface area (Å²) in [4.78, 5) is 11.9. The van der Waals surface area contributed by atoms with Gasteiger partial charge in [0.05, 0.1) is 0 Å². The molecule has 0 aliphatic carbocycles. The van der Waals surface area contributed by atoms with Crippen molar-refractivity contribution < 1.29 is 9.53 Å². The van der Waals surface area contributed by atoms with Crippen molar-refractivity contribution in [2.45, 2.75) is 32.6 Å². The van der Waals surface area contributed by atoms with E-state index in [1.54, 1.807) is 0 Å². The fourth-order valence-electron chi connectivity index (χ4n) is 2.09. The van der Waals surface area contributed by atoms with Gasteiger partial charge >= 0.3 is 0 Å². The highest BCUT2D eigenvalue weighted by atomic mass is 16.5. The van der Waals surface area contributed by atoms with E-state index in [1.807, 2.05) is 42.5 Å². The Kier molecular flexibility index (Phi) is 4.79. The van der Waals surface area contributed by atoms with Crippen molar-refractivity contribution in [2.75, 3.05) is 6.61 Å². The van der Waals surface area contributed by atoms with Crippen molar-refractivity contribution in [1.29, 1.82) is 0 Å². The molecule has 0 atom stereocenters. The minimum absolute atomic E-state index is 0.0843. The van der Waals surface area contributed by atoms with Crippen molar-refractivity contribution in [3.05, 3.63) is 65.7 Å². The Morgan fingerprint density at radius 1 is 0.952 bits per heavy atom. The van der Waals surface area contributed by atoms with Gasteiger partial charge in [-0.15, -0.1) is 0 Å². The molecule has 0 radical (unpaired) electrons. The highest BCUT2D eigenvalue weighted by molar-refractivity contribution is 5.82. The Hall–Kier alpha value is -2.09. The van der Waals surface area contributed by atoms with Crippen molar-refractivity contribution in [3.63, 3.8) is 0 Å². The first-order valence-corrected chi connectivity index (χ1v) is 7.24. The predicted molar refractivity (Wildman–Crippen MR) is 85.8 cm³/mol. The van der Waals surface area contributed by atoms with Crippen LogP contribution in [0.3, 0.4) is 0 Å². The quantitative estimate of drug-likeness (QED) is 0.822. The lowest BCUT2D eigenvalue weighted by molar-refractivity contribution is -0.120. The molecule has 0 aliphatic heterocycles. The van der Waals surface area contributed by atoms with E-state index in [9.17, 15) is 4.79 Å². The maximum Gasteiger partial charge on any atom is 0.174 e. The second kappa shape index (κ2) is 6.57. The van der Waals surface area contributed by atoms with Crippen molar-refractivity contribution >= 4 is 5.78 Å². The minimum atomic E-state index is 0.0843. The highest BCUT2D eigenvalue weighted by Gasteiger charge is 2.13. The lowest BCUT2D eigenvalue weighted by atomic mass is 9.87. The zero-order chi connectivity index (χ0) is 15.3. The molecule has 0 amide bonds. The zero-order valence-electron chi connectivity index (χ0n) is 12.9. The lowest BCUT2D eigenvalue weighted by Gasteiger charge is -2.19. The number of ketones is 1. The van der Waals surface area contributed by atoms with Crippen LogP contribution >= 0.6 is 0 Å². The molecule has 0 saturated carbocycles. The Labute approximate surface area is 126 Å². The monoisotopic (exact) mass is 282 g/mol. The molecular formula is C19H22O2. The van der Waals surface area contributed by atoms with E-state index in [2.05, 4.69) is 32.9 Å². The molecule has 0 saturated heterocycles. The van der Waals surface area contributed by atoms with Gasteiger partial charge in [0, 0.05) is 6.42 Å². The topological polar surface area (TPSA) is 26.3 Å². The second-order valence-electron chi connectivity index (χ2n) is 6.26. The van der Waals surface area contributed by atoms with Gasteiger partial charge in [-0.25, -0.2) is 0 Å². The molecule has 2 aromatic carbocycles. The van der Waals surface area contributed by atoms with Gasteiger partial charge in [0.1, 0.15) is 12.4 Å². The molecule has 0 heterocycles. The van der Waals surface area contributed by atoms with Gasteiger partial charge in [-0.3, -0.25) is 4.79 Å². The molecule has 0 aliphatic rings. The summed E-state index contributed by atoms with van der Waals surface area (Å²) in [5.74, 6) is 0.825. The van der Waals surface area contributed by atoms with Crippen molar-refractivity contribution in [1.82, 2.24) is 0 Å². The first-order valence-electron chi connectivity index (χ1n) is 7.24. The van der Waals surface area contributed by atoms with E-state index < -0.39 is 0 Å². The number of hydrogen-bond donors (Lipinski definition) is 0. The van der Waals surface area contributed by atoms with E-state index in [0.717, 1.165) is 11.3 Å². The summed E-state index contributed by atoms with van der Waals surface area (Å²) < 4.78 is 5.56. The van der Waals surface area contributed by atoms with Crippen molar-refractivity contribution in [3.8, 4) is 5.75 Å². The Balaban J connectivity index is 1.87. The maximum atomic E-state index is 11.9. The van der Waals surface area contributed by atoms with E-state index in [-0.39, 0.29) is 17.8 Å². The van der Waals surface area contributed by atoms with Crippen LogP contribution in [-0.4, -0.2) is 12.4 Å². The molecule has 2 rings (SSSR count). The molecule has 110 valence electrons. The molecule has 2 nitrogen and oxygen atoms in total. The number of Topliss-reactive ketones (excluding diaryl/α,β-unsaturated/α-hetero) is 1. The standard InChI is InChI=1S/C19H22O2/c1-19(2,3)16-9-11-18(12-10-16)21-14-17(20)13-15-7-5-4-6-8-15/h4-12H,13-14H2,1-3H3. The molecule has 21 heavy (non-hydrogen) atoms. The highest BCUT2D eigenvalue weighted by Crippen LogP contribution is 2.24. The van der Waals surface area contributed by atoms with E-state index in [4.69, 9.17) is 4.74 Å². The molecule has 0 spiro atoms. The summed E-state index contributed by atoms with van der Waals surface area (Å²) in [7, 11) is 0. The van der Waals surface area contributed by atoms with Crippen LogP contribution in [0.25, 0.3) is 0 Å². The van der Waals surface area contributed by atoms with E-state index >= 15 is 0 Å². The van der Waals surface area contributed by atoms with Gasteiger partial charge in [0.2, 0.25) is 0 Å². The Morgan fingerprint density at radius 3 is 2.14 bits per heavy atom. The van der Waals surface area contributed by atoms with Crippen LogP contribution in [0, 0.1) is 0 Å². The largest absolute Gasteiger partial charge is 0.486 e. The van der Waals surface area contributed by atoms with Gasteiger partial charge in [0.25, 0.3) is 0 Å². The Morgan fingerprint density at radius 2 is 1.57 bits per heavy atom. The minimum Gasteiger partial charge on any atom is -0.486 e. The van der Waals surface area contributed by atoms with Gasteiger partial charge in [-0.05, 0) is 28.7 Å². The molecule has 2 heteroatoms. The van der Waals surface area contributed by atoms with Crippen LogP contribution < -0.4 is 4.74 Å². The van der Waals surface area contributed by atoms with Crippen LogP contribution in [0.1, 0.15) is 31.9 Å². The number of rotatable bonds is 5. The van der Waals surface area contributed by atoms with Gasteiger partial charge in [-0.2, -0.15) is 0 Å². The van der Waals surface area contributed by atoms with Crippen LogP contribution in [0.15, 0.2) is 54.6 Å². The molecular weight excluding hydrogens is 260 g/mol. The molecule has 0 N–H and O–H groups in total. The predicted octanol–water partition coefficient (Wildman–Crippen LogP) is 4.17. The number of hydrogen-bond acceptors (Lipinski definition) is 2. The number of carbonyl (C=O) groups is 1. The van der Waals surface area contributed by atoms with Crippen LogP contribution in [0.2, 0.25) is 0 Å². The second-order valence-corrected chi connectivity index (χ2v) is 6.26. The maximum absolute atomic E-state index is 11.9. The molecule has 0 aromatic heterocycles. The third-order valence-electron chi connectivity index (χ3n) is 3.36. The average Bonchev–Trinajstić information content (AvgIpc) is 2.46. The summed E-state index contributed by atoms with van der Waals surface area (Å²) in [5, 5.41) is 0. The van der Waals surface area contributed by atoms with Crippen LogP contribution in [0.4, 0.5) is 0 Å². The van der Waals surface area contributed by atoms with Crippen LogP contribution in [-0.2, 0) is 16.6 Å². The Bertz CT molecular complexity index is 577. The summed E-state index contributed by atoms with van der Waals surface area (Å²) in [6.07, 6.45) is 0.418. The summed E-state index contributed by atoms with van der Waals surface area (Å²) >= 11 is 0. The SMILES string of the molecule is CC(C)(C)c1ccc(OCC(=O)Cc2ccccc2)cc1. The summed E-state index contributed by atoms with van der Waals surface area (Å²) in [5.41, 5.74) is 2.40. The normalized spacial score (nSPS) is 11.2. The first-order chi connectivity index (χ1) is 9.95. The molecule has 0 fully saturated rings. The van der Waals surface area contributed by atoms with Gasteiger partial charge < -0.3 is 4.74 Å². The smallest absolute Gasteiger partial charge is 0.174 e. The summed E-state index contributed by atoms with van der Waals surface area (Å²) in [6.45, 7) is 6.63. The molecule has 0 bridgehead atoms. The van der Waals surface area contributed by atoms with E-state index in [1.165, 1.54) is 5.56 Å². The fraction of sp³-hybridized carbons (Fsp3) is 0.316. The number of benzene rings is 2. The molecule has 0 unspecified atom stereocenters.